The molecule has 0 N–H and O–H groups in total. The third-order valence-electron chi connectivity index (χ3n) is 3.64. The van der Waals surface area contributed by atoms with Gasteiger partial charge in [0.1, 0.15) is 0 Å². The summed E-state index contributed by atoms with van der Waals surface area (Å²) in [6.07, 6.45) is 0.803. The van der Waals surface area contributed by atoms with Crippen molar-refractivity contribution >= 4 is 5.91 Å². The van der Waals surface area contributed by atoms with E-state index in [-0.39, 0.29) is 19.1 Å². The molecule has 2 rings (SSSR count). The molecule has 1 fully saturated rings. The summed E-state index contributed by atoms with van der Waals surface area (Å²) >= 11 is 0. The molecule has 0 bridgehead atoms. The van der Waals surface area contributed by atoms with E-state index in [0.29, 0.717) is 6.54 Å². The number of nitrogens with zero attached hydrogens (tertiary/aromatic N) is 2. The largest absolute Gasteiger partial charge is 0.377 e. The summed E-state index contributed by atoms with van der Waals surface area (Å²) in [5.74, 6) is -0.130. The van der Waals surface area contributed by atoms with E-state index >= 15 is 0 Å². The Bertz CT molecular complexity index is 515. The second-order valence-corrected chi connectivity index (χ2v) is 5.09. The van der Waals surface area contributed by atoms with Crippen LogP contribution in [0.15, 0.2) is 24.3 Å². The van der Waals surface area contributed by atoms with Crippen molar-refractivity contribution in [3.63, 3.8) is 0 Å². The predicted octanol–water partition coefficient (Wildman–Crippen LogP) is 1.54. The zero-order chi connectivity index (χ0) is 13.9. The first-order valence-corrected chi connectivity index (χ1v) is 6.38. The number of hydrogen-bond donors (Lipinski definition) is 0. The van der Waals surface area contributed by atoms with E-state index in [9.17, 15) is 4.79 Å². The van der Waals surface area contributed by atoms with Crippen LogP contribution in [0.25, 0.3) is 0 Å². The van der Waals surface area contributed by atoms with Gasteiger partial charge in [-0.2, -0.15) is 5.26 Å². The molecule has 1 aliphatic heterocycles. The molecule has 1 aliphatic rings. The lowest BCUT2D eigenvalue weighted by molar-refractivity contribution is -0.159. The monoisotopic (exact) mass is 258 g/mol. The Morgan fingerprint density at radius 3 is 2.68 bits per heavy atom. The summed E-state index contributed by atoms with van der Waals surface area (Å²) in [6.45, 7) is 3.12. The molecule has 0 spiro atoms. The highest BCUT2D eigenvalue weighted by Crippen LogP contribution is 2.28. The topological polar surface area (TPSA) is 53.3 Å². The average molecular weight is 258 g/mol. The van der Waals surface area contributed by atoms with Crippen molar-refractivity contribution in [1.29, 1.82) is 5.26 Å². The average Bonchev–Trinajstić information content (AvgIpc) is 2.36. The maximum atomic E-state index is 12.2. The Morgan fingerprint density at radius 2 is 2.16 bits per heavy atom. The predicted molar refractivity (Wildman–Crippen MR) is 71.4 cm³/mol. The van der Waals surface area contributed by atoms with Gasteiger partial charge in [-0.3, -0.25) is 4.79 Å². The van der Waals surface area contributed by atoms with Gasteiger partial charge in [-0.1, -0.05) is 24.3 Å². The van der Waals surface area contributed by atoms with E-state index in [1.54, 1.807) is 11.9 Å². The molecule has 1 aromatic rings. The molecule has 19 heavy (non-hydrogen) atoms. The molecule has 0 aliphatic carbocycles. The zero-order valence-electron chi connectivity index (χ0n) is 11.3. The molecule has 1 heterocycles. The van der Waals surface area contributed by atoms with E-state index in [4.69, 9.17) is 10.00 Å². The highest BCUT2D eigenvalue weighted by atomic mass is 16.5. The summed E-state index contributed by atoms with van der Waals surface area (Å²) < 4.78 is 5.01. The molecule has 0 unspecified atom stereocenters. The number of rotatable bonds is 4. The molecule has 0 atom stereocenters. The quantitative estimate of drug-likeness (QED) is 0.823. The van der Waals surface area contributed by atoms with Gasteiger partial charge in [0.05, 0.1) is 19.3 Å². The minimum Gasteiger partial charge on any atom is -0.377 e. The number of hydrogen-bond acceptors (Lipinski definition) is 3. The van der Waals surface area contributed by atoms with Crippen LogP contribution in [-0.2, 0) is 16.0 Å². The van der Waals surface area contributed by atoms with Crippen LogP contribution in [0, 0.1) is 23.7 Å². The first kappa shape index (κ1) is 13.6. The summed E-state index contributed by atoms with van der Waals surface area (Å²) in [5.41, 5.74) is 1.52. The minimum atomic E-state index is -0.944. The fourth-order valence-corrected chi connectivity index (χ4v) is 2.19. The van der Waals surface area contributed by atoms with Crippen molar-refractivity contribution < 1.29 is 9.53 Å². The summed E-state index contributed by atoms with van der Waals surface area (Å²) in [6, 6.07) is 10.2. The molecule has 4 nitrogen and oxygen atoms in total. The van der Waals surface area contributed by atoms with Gasteiger partial charge in [0.15, 0.2) is 5.41 Å². The number of benzene rings is 1. The number of nitriles is 1. The van der Waals surface area contributed by atoms with Crippen LogP contribution in [0.3, 0.4) is 0 Å². The molecule has 0 radical (unpaired) electrons. The summed E-state index contributed by atoms with van der Waals surface area (Å²) in [7, 11) is 1.75. The van der Waals surface area contributed by atoms with Crippen molar-refractivity contribution in [3.8, 4) is 6.07 Å². The smallest absolute Gasteiger partial charge is 0.247 e. The van der Waals surface area contributed by atoms with E-state index in [1.807, 2.05) is 12.1 Å². The third-order valence-corrected chi connectivity index (χ3v) is 3.64. The van der Waals surface area contributed by atoms with Gasteiger partial charge in [0, 0.05) is 13.6 Å². The van der Waals surface area contributed by atoms with Gasteiger partial charge in [-0.05, 0) is 24.5 Å². The number of carbonyl (C=O) groups is 1. The van der Waals surface area contributed by atoms with E-state index in [1.165, 1.54) is 11.1 Å². The molecule has 1 aromatic carbocycles. The molecular formula is C15H18N2O2. The lowest BCUT2D eigenvalue weighted by Crippen LogP contribution is -2.53. The van der Waals surface area contributed by atoms with Crippen LogP contribution in [0.2, 0.25) is 0 Å². The Kier molecular flexibility index (Phi) is 3.87. The van der Waals surface area contributed by atoms with Gasteiger partial charge in [0.25, 0.3) is 0 Å². The van der Waals surface area contributed by atoms with Gasteiger partial charge >= 0.3 is 0 Å². The summed E-state index contributed by atoms with van der Waals surface area (Å²) in [4.78, 5) is 13.8. The maximum Gasteiger partial charge on any atom is 0.247 e. The first-order chi connectivity index (χ1) is 9.09. The number of carbonyl (C=O) groups excluding carboxylic acids is 1. The molecule has 0 saturated carbocycles. The number of aryl methyl sites for hydroxylation is 1. The van der Waals surface area contributed by atoms with Crippen LogP contribution in [0.5, 0.6) is 0 Å². The van der Waals surface area contributed by atoms with Crippen LogP contribution in [0.4, 0.5) is 0 Å². The highest BCUT2D eigenvalue weighted by molar-refractivity contribution is 5.86. The van der Waals surface area contributed by atoms with Crippen molar-refractivity contribution in [3.05, 3.63) is 35.4 Å². The SMILES string of the molecule is Cc1ccccc1CCN(C)C(=O)C1(C#N)COC1. The Labute approximate surface area is 113 Å². The number of amides is 1. The van der Waals surface area contributed by atoms with Crippen LogP contribution in [-0.4, -0.2) is 37.6 Å². The molecule has 100 valence electrons. The van der Waals surface area contributed by atoms with Crippen molar-refractivity contribution in [2.45, 2.75) is 13.3 Å². The lowest BCUT2D eigenvalue weighted by atomic mass is 9.86. The zero-order valence-corrected chi connectivity index (χ0v) is 11.3. The second kappa shape index (κ2) is 5.41. The minimum absolute atomic E-state index is 0.130. The Balaban J connectivity index is 1.95. The van der Waals surface area contributed by atoms with Crippen molar-refractivity contribution in [2.24, 2.45) is 5.41 Å². The summed E-state index contributed by atoms with van der Waals surface area (Å²) in [5, 5.41) is 9.11. The van der Waals surface area contributed by atoms with Crippen LogP contribution >= 0.6 is 0 Å². The van der Waals surface area contributed by atoms with E-state index in [0.717, 1.165) is 6.42 Å². The third kappa shape index (κ3) is 2.61. The van der Waals surface area contributed by atoms with Gasteiger partial charge in [0.2, 0.25) is 5.91 Å². The van der Waals surface area contributed by atoms with Gasteiger partial charge in [-0.25, -0.2) is 0 Å². The number of ether oxygens (including phenoxy) is 1. The van der Waals surface area contributed by atoms with E-state index < -0.39 is 5.41 Å². The van der Waals surface area contributed by atoms with Crippen LogP contribution < -0.4 is 0 Å². The fraction of sp³-hybridized carbons (Fsp3) is 0.467. The molecule has 0 aromatic heterocycles. The molecule has 1 saturated heterocycles. The van der Waals surface area contributed by atoms with Crippen LogP contribution in [0.1, 0.15) is 11.1 Å². The standard InChI is InChI=1S/C15H18N2O2/c1-12-5-3-4-6-13(12)7-8-17(2)14(18)15(9-16)10-19-11-15/h3-6H,7-8,10-11H2,1-2H3. The van der Waals surface area contributed by atoms with Crippen molar-refractivity contribution in [1.82, 2.24) is 4.90 Å². The lowest BCUT2D eigenvalue weighted by Gasteiger charge is -2.36. The molecule has 4 heteroatoms. The van der Waals surface area contributed by atoms with Gasteiger partial charge < -0.3 is 9.64 Å². The molecular weight excluding hydrogens is 240 g/mol. The Hall–Kier alpha value is -1.86. The Morgan fingerprint density at radius 1 is 1.47 bits per heavy atom. The molecule has 1 amide bonds. The first-order valence-electron chi connectivity index (χ1n) is 6.38. The van der Waals surface area contributed by atoms with Gasteiger partial charge in [-0.15, -0.1) is 0 Å². The second-order valence-electron chi connectivity index (χ2n) is 5.09. The normalized spacial score (nSPS) is 16.3. The fourth-order valence-electron chi connectivity index (χ4n) is 2.19. The van der Waals surface area contributed by atoms with E-state index in [2.05, 4.69) is 25.1 Å². The maximum absolute atomic E-state index is 12.2. The highest BCUT2D eigenvalue weighted by Gasteiger charge is 2.47. The van der Waals surface area contributed by atoms with Crippen molar-refractivity contribution in [2.75, 3.05) is 26.8 Å². The number of likely N-dealkylation sites (N-methyl/N-ethyl adjacent to an activating group) is 1.